The van der Waals surface area contributed by atoms with Gasteiger partial charge in [-0.25, -0.2) is 9.79 Å². The Morgan fingerprint density at radius 1 is 1.07 bits per heavy atom. The van der Waals surface area contributed by atoms with E-state index in [1.165, 1.54) is 4.57 Å². The highest BCUT2D eigenvalue weighted by Crippen LogP contribution is 2.36. The van der Waals surface area contributed by atoms with Crippen molar-refractivity contribution in [2.45, 2.75) is 32.7 Å². The van der Waals surface area contributed by atoms with Crippen molar-refractivity contribution in [2.24, 2.45) is 4.99 Å². The third-order valence-electron chi connectivity index (χ3n) is 7.22. The zero-order valence-electron chi connectivity index (χ0n) is 22.6. The molecule has 41 heavy (non-hydrogen) atoms. The van der Waals surface area contributed by atoms with Gasteiger partial charge in [-0.15, -0.1) is 0 Å². The first-order valence-electron chi connectivity index (χ1n) is 13.3. The molecule has 2 aliphatic rings. The predicted octanol–water partition coefficient (Wildman–Crippen LogP) is 5.03. The molecule has 0 aliphatic carbocycles. The molecule has 1 aromatic heterocycles. The van der Waals surface area contributed by atoms with Crippen molar-refractivity contribution in [3.05, 3.63) is 125 Å². The van der Waals surface area contributed by atoms with E-state index in [0.29, 0.717) is 32.7 Å². The smallest absolute Gasteiger partial charge is 0.338 e. The molecule has 0 fully saturated rings. The van der Waals surface area contributed by atoms with E-state index >= 15 is 0 Å². The number of amides is 1. The van der Waals surface area contributed by atoms with Gasteiger partial charge in [0.15, 0.2) is 4.80 Å². The number of anilines is 1. The summed E-state index contributed by atoms with van der Waals surface area (Å²) in [7, 11) is 0. The predicted molar refractivity (Wildman–Crippen MR) is 161 cm³/mol. The zero-order chi connectivity index (χ0) is 28.8. The lowest BCUT2D eigenvalue weighted by Gasteiger charge is -2.26. The normalized spacial score (nSPS) is 17.2. The molecule has 0 radical (unpaired) electrons. The van der Waals surface area contributed by atoms with Crippen LogP contribution in [0, 0.1) is 0 Å². The summed E-state index contributed by atoms with van der Waals surface area (Å²) in [6, 6.07) is 21.5. The standard InChI is InChI=1S/C32H26ClN3O4S/c1-4-40-31(39)25-26(19-8-6-5-7-9-19)35-32-36(27(25)20-12-10-18(11-13-20)17(2)3)30(38)28(41-32)24-22-16-21(33)14-15-23(22)34-29(24)37/h5-17,27H,4H2,1-3H3,(H,34,37)/b28-24-/t27-/m1/s1. The van der Waals surface area contributed by atoms with Crippen molar-refractivity contribution in [1.29, 1.82) is 0 Å². The maximum atomic E-state index is 14.3. The number of halogens is 1. The van der Waals surface area contributed by atoms with Crippen molar-refractivity contribution in [3.63, 3.8) is 0 Å². The molecular formula is C32H26ClN3O4S. The topological polar surface area (TPSA) is 89.8 Å². The number of carbonyl (C=O) groups excluding carboxylic acids is 2. The van der Waals surface area contributed by atoms with Gasteiger partial charge in [0.05, 0.1) is 29.5 Å². The summed E-state index contributed by atoms with van der Waals surface area (Å²) in [6.45, 7) is 6.11. The van der Waals surface area contributed by atoms with E-state index < -0.39 is 23.5 Å². The van der Waals surface area contributed by atoms with Crippen LogP contribution >= 0.6 is 22.9 Å². The van der Waals surface area contributed by atoms with Crippen LogP contribution in [0.3, 0.4) is 0 Å². The monoisotopic (exact) mass is 583 g/mol. The van der Waals surface area contributed by atoms with Gasteiger partial charge in [0, 0.05) is 21.8 Å². The van der Waals surface area contributed by atoms with Crippen molar-refractivity contribution in [3.8, 4) is 0 Å². The lowest BCUT2D eigenvalue weighted by molar-refractivity contribution is -0.138. The van der Waals surface area contributed by atoms with Gasteiger partial charge < -0.3 is 10.1 Å². The highest BCUT2D eigenvalue weighted by Gasteiger charge is 2.36. The quantitative estimate of drug-likeness (QED) is 0.334. The molecular weight excluding hydrogens is 558 g/mol. The lowest BCUT2D eigenvalue weighted by atomic mass is 9.91. The van der Waals surface area contributed by atoms with E-state index in [2.05, 4.69) is 19.2 Å². The molecule has 1 N–H and O–H groups in total. The van der Waals surface area contributed by atoms with Gasteiger partial charge in [-0.1, -0.05) is 91.4 Å². The van der Waals surface area contributed by atoms with Crippen LogP contribution in [-0.2, 0) is 14.3 Å². The number of rotatable bonds is 5. The van der Waals surface area contributed by atoms with Crippen LogP contribution in [0.15, 0.2) is 88.2 Å². The van der Waals surface area contributed by atoms with Gasteiger partial charge in [-0.2, -0.15) is 0 Å². The molecule has 3 heterocycles. The molecule has 0 bridgehead atoms. The number of fused-ring (bicyclic) bond motifs is 2. The highest BCUT2D eigenvalue weighted by atomic mass is 35.5. The van der Waals surface area contributed by atoms with Crippen molar-refractivity contribution in [2.75, 3.05) is 11.9 Å². The van der Waals surface area contributed by atoms with Crippen molar-refractivity contribution >= 4 is 51.8 Å². The van der Waals surface area contributed by atoms with Crippen LogP contribution in [0.5, 0.6) is 0 Å². The third kappa shape index (κ3) is 4.63. The molecule has 1 atom stereocenters. The van der Waals surface area contributed by atoms with Crippen LogP contribution in [0.25, 0.3) is 11.3 Å². The second-order valence-corrected chi connectivity index (χ2v) is 11.5. The molecule has 0 unspecified atom stereocenters. The Kier molecular flexibility index (Phi) is 6.97. The SMILES string of the molecule is CCOC(=O)C1=C(c2ccccc2)N=c2s/c(=C3\C(=O)Nc4ccc(Cl)cc43)c(=O)n2[C@@H]1c1ccc(C(C)C)cc1. The minimum atomic E-state index is -0.820. The number of benzene rings is 3. The number of thiazole rings is 1. The Balaban J connectivity index is 1.70. The Morgan fingerprint density at radius 2 is 1.80 bits per heavy atom. The number of hydrogen-bond acceptors (Lipinski definition) is 6. The summed E-state index contributed by atoms with van der Waals surface area (Å²) in [5.41, 5.74) is 4.23. The first-order chi connectivity index (χ1) is 19.8. The maximum Gasteiger partial charge on any atom is 0.338 e. The minimum Gasteiger partial charge on any atom is -0.463 e. The minimum absolute atomic E-state index is 0.162. The summed E-state index contributed by atoms with van der Waals surface area (Å²) < 4.78 is 7.26. The Labute approximate surface area is 245 Å². The van der Waals surface area contributed by atoms with Gasteiger partial charge >= 0.3 is 5.97 Å². The number of hydrogen-bond donors (Lipinski definition) is 1. The molecule has 3 aromatic carbocycles. The molecule has 7 nitrogen and oxygen atoms in total. The van der Waals surface area contributed by atoms with Gasteiger partial charge in [-0.3, -0.25) is 14.2 Å². The summed E-state index contributed by atoms with van der Waals surface area (Å²) in [5.74, 6) is -0.638. The number of carbonyl (C=O) groups is 2. The zero-order valence-corrected chi connectivity index (χ0v) is 24.2. The van der Waals surface area contributed by atoms with Gasteiger partial charge in [0.1, 0.15) is 4.53 Å². The number of nitrogens with one attached hydrogen (secondary N) is 1. The molecule has 2 aliphatic heterocycles. The lowest BCUT2D eigenvalue weighted by Crippen LogP contribution is -2.40. The van der Waals surface area contributed by atoms with E-state index in [4.69, 9.17) is 21.3 Å². The summed E-state index contributed by atoms with van der Waals surface area (Å²) in [4.78, 5) is 46.3. The van der Waals surface area contributed by atoms with Crippen LogP contribution in [0.2, 0.25) is 5.02 Å². The first kappa shape index (κ1) is 26.9. The van der Waals surface area contributed by atoms with E-state index in [1.54, 1.807) is 25.1 Å². The fourth-order valence-corrected chi connectivity index (χ4v) is 6.50. The van der Waals surface area contributed by atoms with Crippen molar-refractivity contribution in [1.82, 2.24) is 4.57 Å². The van der Waals surface area contributed by atoms with E-state index in [1.807, 2.05) is 54.6 Å². The third-order valence-corrected chi connectivity index (χ3v) is 8.51. The number of ether oxygens (including phenoxy) is 1. The molecule has 0 saturated heterocycles. The second kappa shape index (κ2) is 10.6. The van der Waals surface area contributed by atoms with Crippen LogP contribution in [0.4, 0.5) is 5.69 Å². The van der Waals surface area contributed by atoms with E-state index in [0.717, 1.165) is 28.0 Å². The molecule has 9 heteroatoms. The average Bonchev–Trinajstić information content (AvgIpc) is 3.47. The summed E-state index contributed by atoms with van der Waals surface area (Å²) in [5, 5.41) is 3.28. The van der Waals surface area contributed by atoms with Crippen molar-refractivity contribution < 1.29 is 14.3 Å². The number of esters is 1. The van der Waals surface area contributed by atoms with Crippen LogP contribution < -0.4 is 20.2 Å². The largest absolute Gasteiger partial charge is 0.463 e. The summed E-state index contributed by atoms with van der Waals surface area (Å²) in [6.07, 6.45) is 0. The van der Waals surface area contributed by atoms with E-state index in [-0.39, 0.29) is 22.3 Å². The van der Waals surface area contributed by atoms with Gasteiger partial charge in [0.2, 0.25) is 0 Å². The Hall–Kier alpha value is -4.27. The molecule has 0 saturated carbocycles. The van der Waals surface area contributed by atoms with Gasteiger partial charge in [-0.05, 0) is 42.2 Å². The molecule has 0 spiro atoms. The Bertz CT molecular complexity index is 1920. The van der Waals surface area contributed by atoms with Crippen LogP contribution in [-0.4, -0.2) is 23.1 Å². The Morgan fingerprint density at radius 3 is 2.49 bits per heavy atom. The fourth-order valence-electron chi connectivity index (χ4n) is 5.23. The second-order valence-electron chi connectivity index (χ2n) is 10.1. The van der Waals surface area contributed by atoms with E-state index in [9.17, 15) is 14.4 Å². The molecule has 206 valence electrons. The number of aromatic nitrogens is 1. The molecule has 6 rings (SSSR count). The average molecular weight is 584 g/mol. The maximum absolute atomic E-state index is 14.3. The van der Waals surface area contributed by atoms with Crippen LogP contribution in [0.1, 0.15) is 55.0 Å². The number of nitrogens with zero attached hydrogens (tertiary/aromatic N) is 2. The molecule has 1 amide bonds. The van der Waals surface area contributed by atoms with Gasteiger partial charge in [0.25, 0.3) is 11.5 Å². The fraction of sp³-hybridized carbons (Fsp3) is 0.188. The highest BCUT2D eigenvalue weighted by molar-refractivity contribution is 7.07. The first-order valence-corrected chi connectivity index (χ1v) is 14.5. The summed E-state index contributed by atoms with van der Waals surface area (Å²) >= 11 is 7.39. The molecule has 4 aromatic rings.